The molecule has 1 aliphatic rings. The molecule has 0 N–H and O–H groups in total. The van der Waals surface area contributed by atoms with E-state index in [0.29, 0.717) is 47.8 Å². The number of carbonyl (C=O) groups excluding carboxylic acids is 1. The van der Waals surface area contributed by atoms with Crippen molar-refractivity contribution >= 4 is 23.2 Å². The normalized spacial score (nSPS) is 16.2. The Labute approximate surface area is 179 Å². The summed E-state index contributed by atoms with van der Waals surface area (Å²) in [4.78, 5) is 18.9. The molecule has 0 aliphatic carbocycles. The molecule has 156 valence electrons. The van der Waals surface area contributed by atoms with Crippen LogP contribution in [0.3, 0.4) is 0 Å². The first-order valence-electron chi connectivity index (χ1n) is 9.71. The molecule has 0 saturated carbocycles. The average molecular weight is 428 g/mol. The number of nitrogens with zero attached hydrogens (tertiary/aromatic N) is 3. The molecule has 2 aromatic carbocycles. The second-order valence-corrected chi connectivity index (χ2v) is 7.50. The number of hydrogen-bond donors (Lipinski definition) is 0. The molecule has 0 bridgehead atoms. The lowest BCUT2D eigenvalue weighted by atomic mass is 10.1. The van der Waals surface area contributed by atoms with Crippen molar-refractivity contribution in [3.63, 3.8) is 0 Å². The number of amides is 1. The maximum absolute atomic E-state index is 12.6. The van der Waals surface area contributed by atoms with Crippen LogP contribution in [0.4, 0.5) is 5.69 Å². The molecule has 0 radical (unpaired) electrons. The van der Waals surface area contributed by atoms with Crippen LogP contribution in [0.1, 0.15) is 30.7 Å². The van der Waals surface area contributed by atoms with Gasteiger partial charge >= 0.3 is 0 Å². The minimum atomic E-state index is -0.167. The molecule has 1 amide bonds. The lowest BCUT2D eigenvalue weighted by Crippen LogP contribution is -2.24. The Morgan fingerprint density at radius 2 is 2.07 bits per heavy atom. The molecule has 1 unspecified atom stereocenters. The summed E-state index contributed by atoms with van der Waals surface area (Å²) in [7, 11) is 1.58. The van der Waals surface area contributed by atoms with Crippen LogP contribution < -0.4 is 14.4 Å². The smallest absolute Gasteiger partial charge is 0.232 e. The van der Waals surface area contributed by atoms with E-state index in [1.165, 1.54) is 0 Å². The lowest BCUT2D eigenvalue weighted by molar-refractivity contribution is -0.117. The monoisotopic (exact) mass is 427 g/mol. The summed E-state index contributed by atoms with van der Waals surface area (Å²) in [5, 5.41) is 4.78. The van der Waals surface area contributed by atoms with Crippen LogP contribution in [0.2, 0.25) is 5.02 Å². The van der Waals surface area contributed by atoms with Gasteiger partial charge in [0.1, 0.15) is 0 Å². The van der Waals surface area contributed by atoms with Crippen molar-refractivity contribution in [3.8, 4) is 22.9 Å². The summed E-state index contributed by atoms with van der Waals surface area (Å²) in [5.41, 5.74) is 2.50. The fraction of sp³-hybridized carbons (Fsp3) is 0.318. The van der Waals surface area contributed by atoms with Gasteiger partial charge < -0.3 is 18.9 Å². The largest absolute Gasteiger partial charge is 0.493 e. The van der Waals surface area contributed by atoms with Gasteiger partial charge in [-0.15, -0.1) is 0 Å². The van der Waals surface area contributed by atoms with Crippen molar-refractivity contribution in [3.05, 3.63) is 52.9 Å². The standard InChI is InChI=1S/C22H22ClN3O4/c1-4-29-18-8-5-14(10-19(18)28-3)21-24-22(30-25-21)15-11-20(27)26(12-15)16-6-7-17(23)13(2)9-16/h5-10,15H,4,11-12H2,1-3H3. The Kier molecular flexibility index (Phi) is 5.63. The van der Waals surface area contributed by atoms with Gasteiger partial charge in [-0.05, 0) is 55.8 Å². The van der Waals surface area contributed by atoms with E-state index in [1.807, 2.05) is 44.2 Å². The highest BCUT2D eigenvalue weighted by Crippen LogP contribution is 2.35. The predicted molar refractivity (Wildman–Crippen MR) is 113 cm³/mol. The van der Waals surface area contributed by atoms with Gasteiger partial charge in [0, 0.05) is 29.2 Å². The Balaban J connectivity index is 1.54. The molecule has 2 heterocycles. The predicted octanol–water partition coefficient (Wildman–Crippen LogP) is 4.63. The first-order valence-corrected chi connectivity index (χ1v) is 10.1. The first kappa shape index (κ1) is 20.2. The SMILES string of the molecule is CCOc1ccc(-c2noc(C3CC(=O)N(c4ccc(Cl)c(C)c4)C3)n2)cc1OC. The maximum atomic E-state index is 12.6. The Morgan fingerprint density at radius 1 is 1.23 bits per heavy atom. The zero-order valence-electron chi connectivity index (χ0n) is 17.0. The lowest BCUT2D eigenvalue weighted by Gasteiger charge is -2.17. The molecule has 1 atom stereocenters. The Morgan fingerprint density at radius 3 is 2.80 bits per heavy atom. The molecule has 8 heteroatoms. The molecule has 1 fully saturated rings. The van der Waals surface area contributed by atoms with Crippen LogP contribution in [0.15, 0.2) is 40.9 Å². The van der Waals surface area contributed by atoms with E-state index >= 15 is 0 Å². The summed E-state index contributed by atoms with van der Waals surface area (Å²) in [6.45, 7) is 4.85. The minimum Gasteiger partial charge on any atom is -0.493 e. The molecule has 3 aromatic rings. The number of methoxy groups -OCH3 is 1. The molecular weight excluding hydrogens is 406 g/mol. The van der Waals surface area contributed by atoms with E-state index in [9.17, 15) is 4.79 Å². The van der Waals surface area contributed by atoms with E-state index < -0.39 is 0 Å². The van der Waals surface area contributed by atoms with Gasteiger partial charge in [-0.25, -0.2) is 0 Å². The Hall–Kier alpha value is -3.06. The molecule has 1 aliphatic heterocycles. The van der Waals surface area contributed by atoms with Gasteiger partial charge in [0.15, 0.2) is 11.5 Å². The fourth-order valence-electron chi connectivity index (χ4n) is 3.52. The van der Waals surface area contributed by atoms with Gasteiger partial charge in [-0.2, -0.15) is 4.98 Å². The molecule has 1 aromatic heterocycles. The number of benzene rings is 2. The summed E-state index contributed by atoms with van der Waals surface area (Å²) >= 11 is 6.10. The molecule has 30 heavy (non-hydrogen) atoms. The third-order valence-electron chi connectivity index (χ3n) is 5.09. The molecule has 1 saturated heterocycles. The number of aryl methyl sites for hydroxylation is 1. The first-order chi connectivity index (χ1) is 14.5. The summed E-state index contributed by atoms with van der Waals surface area (Å²) in [6.07, 6.45) is 0.315. The second kappa shape index (κ2) is 8.36. The van der Waals surface area contributed by atoms with Gasteiger partial charge in [0.25, 0.3) is 0 Å². The van der Waals surface area contributed by atoms with Crippen LogP contribution in [-0.4, -0.2) is 36.3 Å². The van der Waals surface area contributed by atoms with Gasteiger partial charge in [-0.1, -0.05) is 16.8 Å². The number of rotatable bonds is 6. The maximum Gasteiger partial charge on any atom is 0.232 e. The van der Waals surface area contributed by atoms with E-state index in [4.69, 9.17) is 25.6 Å². The van der Waals surface area contributed by atoms with E-state index in [0.717, 1.165) is 16.8 Å². The van der Waals surface area contributed by atoms with Crippen LogP contribution >= 0.6 is 11.6 Å². The molecule has 7 nitrogen and oxygen atoms in total. The van der Waals surface area contributed by atoms with Crippen molar-refractivity contribution in [2.75, 3.05) is 25.2 Å². The van der Waals surface area contributed by atoms with Gasteiger partial charge in [0.2, 0.25) is 17.6 Å². The third kappa shape index (κ3) is 3.85. The zero-order chi connectivity index (χ0) is 21.3. The average Bonchev–Trinajstić information content (AvgIpc) is 3.38. The number of halogens is 1. The summed E-state index contributed by atoms with van der Waals surface area (Å²) < 4.78 is 16.4. The van der Waals surface area contributed by atoms with Crippen molar-refractivity contribution < 1.29 is 18.8 Å². The van der Waals surface area contributed by atoms with Crippen molar-refractivity contribution in [1.29, 1.82) is 0 Å². The van der Waals surface area contributed by atoms with E-state index in [2.05, 4.69) is 10.1 Å². The van der Waals surface area contributed by atoms with Crippen molar-refractivity contribution in [2.24, 2.45) is 0 Å². The van der Waals surface area contributed by atoms with Crippen molar-refractivity contribution in [2.45, 2.75) is 26.2 Å². The van der Waals surface area contributed by atoms with Crippen LogP contribution in [0.5, 0.6) is 11.5 Å². The number of hydrogen-bond acceptors (Lipinski definition) is 6. The highest BCUT2D eigenvalue weighted by molar-refractivity contribution is 6.31. The van der Waals surface area contributed by atoms with E-state index in [1.54, 1.807) is 18.1 Å². The number of ether oxygens (including phenoxy) is 2. The minimum absolute atomic E-state index is 0.0178. The van der Waals surface area contributed by atoms with Crippen LogP contribution in [0, 0.1) is 6.92 Å². The quantitative estimate of drug-likeness (QED) is 0.571. The van der Waals surface area contributed by atoms with Gasteiger partial charge in [0.05, 0.1) is 19.6 Å². The van der Waals surface area contributed by atoms with Gasteiger partial charge in [-0.3, -0.25) is 4.79 Å². The second-order valence-electron chi connectivity index (χ2n) is 7.09. The van der Waals surface area contributed by atoms with Crippen LogP contribution in [-0.2, 0) is 4.79 Å². The highest BCUT2D eigenvalue weighted by Gasteiger charge is 2.35. The topological polar surface area (TPSA) is 77.7 Å². The number of carbonyl (C=O) groups is 1. The Bertz CT molecular complexity index is 1080. The van der Waals surface area contributed by atoms with Crippen LogP contribution in [0.25, 0.3) is 11.4 Å². The highest BCUT2D eigenvalue weighted by atomic mass is 35.5. The number of anilines is 1. The number of aromatic nitrogens is 2. The molecular formula is C22H22ClN3O4. The summed E-state index contributed by atoms with van der Waals surface area (Å²) in [6, 6.07) is 11.0. The summed E-state index contributed by atoms with van der Waals surface area (Å²) in [5.74, 6) is 1.99. The fourth-order valence-corrected chi connectivity index (χ4v) is 3.64. The molecule has 0 spiro atoms. The van der Waals surface area contributed by atoms with E-state index in [-0.39, 0.29) is 11.8 Å². The molecule has 4 rings (SSSR count). The van der Waals surface area contributed by atoms with Crippen molar-refractivity contribution in [1.82, 2.24) is 10.1 Å². The third-order valence-corrected chi connectivity index (χ3v) is 5.51. The zero-order valence-corrected chi connectivity index (χ0v) is 17.8.